The van der Waals surface area contributed by atoms with Crippen LogP contribution in [0.2, 0.25) is 0 Å². The summed E-state index contributed by atoms with van der Waals surface area (Å²) in [6, 6.07) is 6.02. The minimum Gasteiger partial charge on any atom is -0.289 e. The highest BCUT2D eigenvalue weighted by atomic mass is 14.7. The predicted octanol–water partition coefficient (Wildman–Crippen LogP) is 5.69. The zero-order valence-corrected chi connectivity index (χ0v) is 13.1. The van der Waals surface area contributed by atoms with Gasteiger partial charge in [-0.2, -0.15) is 0 Å². The van der Waals surface area contributed by atoms with Crippen molar-refractivity contribution in [2.24, 2.45) is 10.4 Å². The summed E-state index contributed by atoms with van der Waals surface area (Å²) >= 11 is 0. The Labute approximate surface area is 132 Å². The van der Waals surface area contributed by atoms with E-state index < -0.39 is 0 Å². The van der Waals surface area contributed by atoms with Gasteiger partial charge in [0.25, 0.3) is 0 Å². The van der Waals surface area contributed by atoms with Crippen LogP contribution in [0.4, 0.5) is 0 Å². The maximum Gasteiger partial charge on any atom is 0.0608 e. The van der Waals surface area contributed by atoms with Crippen molar-refractivity contribution in [3.05, 3.63) is 41.7 Å². The fraction of sp³-hybridized carbons (Fsp3) is 0.579. The Morgan fingerprint density at radius 2 is 1.52 bits per heavy atom. The lowest BCUT2D eigenvalue weighted by molar-refractivity contribution is 0.499. The molecule has 0 amide bonds. The lowest BCUT2D eigenvalue weighted by Gasteiger charge is -2.18. The SMILES string of the molecule is C.C.CC(C)(C)C1=CC=NC1.CC(C)(C)c1ccccn1. The third kappa shape index (κ3) is 7.79. The highest BCUT2D eigenvalue weighted by Crippen LogP contribution is 2.26. The molecule has 0 saturated heterocycles. The summed E-state index contributed by atoms with van der Waals surface area (Å²) in [5.41, 5.74) is 3.08. The molecule has 1 aromatic rings. The molecule has 1 aliphatic heterocycles. The van der Waals surface area contributed by atoms with Crippen molar-refractivity contribution in [3.63, 3.8) is 0 Å². The molecule has 0 bridgehead atoms. The van der Waals surface area contributed by atoms with Gasteiger partial charge < -0.3 is 0 Å². The molecule has 1 aromatic heterocycles. The van der Waals surface area contributed by atoms with E-state index in [0.29, 0.717) is 5.41 Å². The number of hydrogen-bond acceptors (Lipinski definition) is 2. The molecule has 1 aliphatic rings. The van der Waals surface area contributed by atoms with E-state index in [1.807, 2.05) is 24.5 Å². The Morgan fingerprint density at radius 1 is 0.905 bits per heavy atom. The van der Waals surface area contributed by atoms with Gasteiger partial charge in [0.2, 0.25) is 0 Å². The summed E-state index contributed by atoms with van der Waals surface area (Å²) in [7, 11) is 0. The number of aromatic nitrogens is 1. The Bertz CT molecular complexity index is 443. The first kappa shape index (κ1) is 21.9. The molecule has 0 spiro atoms. The first-order chi connectivity index (χ1) is 8.71. The third-order valence-corrected chi connectivity index (χ3v) is 3.04. The molecular weight excluding hydrogens is 256 g/mol. The van der Waals surface area contributed by atoms with E-state index in [2.05, 4.69) is 63.7 Å². The normalized spacial score (nSPS) is 13.3. The molecule has 0 unspecified atom stereocenters. The van der Waals surface area contributed by atoms with E-state index >= 15 is 0 Å². The predicted molar refractivity (Wildman–Crippen MR) is 97.3 cm³/mol. The fourth-order valence-corrected chi connectivity index (χ4v) is 1.64. The van der Waals surface area contributed by atoms with Gasteiger partial charge in [0, 0.05) is 23.5 Å². The lowest BCUT2D eigenvalue weighted by atomic mass is 9.87. The summed E-state index contributed by atoms with van der Waals surface area (Å²) in [6.07, 6.45) is 5.83. The van der Waals surface area contributed by atoms with Crippen molar-refractivity contribution in [3.8, 4) is 0 Å². The average Bonchev–Trinajstić information content (AvgIpc) is 2.83. The molecule has 2 nitrogen and oxygen atoms in total. The van der Waals surface area contributed by atoms with Crippen molar-refractivity contribution in [2.45, 2.75) is 61.8 Å². The zero-order chi connectivity index (χ0) is 14.5. The maximum atomic E-state index is 4.25. The largest absolute Gasteiger partial charge is 0.289 e. The molecule has 0 atom stereocenters. The van der Waals surface area contributed by atoms with Crippen LogP contribution in [-0.2, 0) is 5.41 Å². The van der Waals surface area contributed by atoms with Crippen LogP contribution in [0.25, 0.3) is 0 Å². The van der Waals surface area contributed by atoms with E-state index in [4.69, 9.17) is 0 Å². The van der Waals surface area contributed by atoms with Crippen LogP contribution in [0.15, 0.2) is 41.0 Å². The monoisotopic (exact) mass is 290 g/mol. The zero-order valence-electron chi connectivity index (χ0n) is 13.1. The quantitative estimate of drug-likeness (QED) is 0.602. The van der Waals surface area contributed by atoms with Gasteiger partial charge in [0.15, 0.2) is 0 Å². The van der Waals surface area contributed by atoms with Crippen LogP contribution in [0.3, 0.4) is 0 Å². The molecule has 0 radical (unpaired) electrons. The van der Waals surface area contributed by atoms with Crippen molar-refractivity contribution in [1.29, 1.82) is 0 Å². The van der Waals surface area contributed by atoms with Gasteiger partial charge >= 0.3 is 0 Å². The van der Waals surface area contributed by atoms with E-state index in [1.165, 1.54) is 5.57 Å². The van der Waals surface area contributed by atoms with Crippen LogP contribution >= 0.6 is 0 Å². The van der Waals surface area contributed by atoms with E-state index in [0.717, 1.165) is 12.2 Å². The van der Waals surface area contributed by atoms with Crippen molar-refractivity contribution >= 4 is 6.21 Å². The molecule has 0 N–H and O–H groups in total. The van der Waals surface area contributed by atoms with E-state index in [1.54, 1.807) is 0 Å². The standard InChI is InChI=1S/C9H13N.C8H13N.2CH4/c1-9(2,3)8-6-4-5-7-10-8;1-8(2,3)7-4-5-9-6-7;;/h4-7H,1-3H3;4-5H,6H2,1-3H3;2*1H4. The Morgan fingerprint density at radius 3 is 1.76 bits per heavy atom. The Hall–Kier alpha value is -1.44. The second-order valence-corrected chi connectivity index (χ2v) is 6.90. The molecule has 0 aliphatic carbocycles. The third-order valence-electron chi connectivity index (χ3n) is 3.04. The Kier molecular flexibility index (Phi) is 9.12. The van der Waals surface area contributed by atoms with E-state index in [9.17, 15) is 0 Å². The number of hydrogen-bond donors (Lipinski definition) is 0. The molecule has 120 valence electrons. The molecule has 0 aromatic carbocycles. The van der Waals surface area contributed by atoms with Crippen LogP contribution < -0.4 is 0 Å². The van der Waals surface area contributed by atoms with Gasteiger partial charge in [0.1, 0.15) is 0 Å². The minimum absolute atomic E-state index is 0. The molecule has 2 heterocycles. The maximum absolute atomic E-state index is 4.25. The van der Waals surface area contributed by atoms with Crippen molar-refractivity contribution in [1.82, 2.24) is 4.98 Å². The smallest absolute Gasteiger partial charge is 0.0608 e. The number of rotatable bonds is 0. The van der Waals surface area contributed by atoms with Gasteiger partial charge in [-0.25, -0.2) is 0 Å². The van der Waals surface area contributed by atoms with Gasteiger partial charge in [-0.3, -0.25) is 9.98 Å². The number of aliphatic imine (C=N–C) groups is 1. The molecular formula is C19H34N2. The van der Waals surface area contributed by atoms with Gasteiger partial charge in [-0.15, -0.1) is 0 Å². The second-order valence-electron chi connectivity index (χ2n) is 6.90. The molecule has 2 rings (SSSR count). The molecule has 21 heavy (non-hydrogen) atoms. The summed E-state index contributed by atoms with van der Waals surface area (Å²) in [5.74, 6) is 0. The van der Waals surface area contributed by atoms with Gasteiger partial charge in [0.05, 0.1) is 6.54 Å². The highest BCUT2D eigenvalue weighted by molar-refractivity contribution is 5.75. The van der Waals surface area contributed by atoms with E-state index in [-0.39, 0.29) is 20.3 Å². The second kappa shape index (κ2) is 8.76. The number of nitrogens with zero attached hydrogens (tertiary/aromatic N) is 2. The summed E-state index contributed by atoms with van der Waals surface area (Å²) < 4.78 is 0. The number of pyridine rings is 1. The molecule has 0 saturated carbocycles. The average molecular weight is 290 g/mol. The lowest BCUT2D eigenvalue weighted by Crippen LogP contribution is -2.12. The molecule has 0 fully saturated rings. The Balaban J connectivity index is 0. The minimum atomic E-state index is 0. The summed E-state index contributed by atoms with van der Waals surface area (Å²) in [4.78, 5) is 8.36. The topological polar surface area (TPSA) is 25.2 Å². The van der Waals surface area contributed by atoms with Crippen LogP contribution in [0.1, 0.15) is 62.1 Å². The van der Waals surface area contributed by atoms with Gasteiger partial charge in [-0.1, -0.05) is 62.5 Å². The highest BCUT2D eigenvalue weighted by Gasteiger charge is 2.17. The van der Waals surface area contributed by atoms with Crippen molar-refractivity contribution in [2.75, 3.05) is 6.54 Å². The first-order valence-corrected chi connectivity index (χ1v) is 6.82. The summed E-state index contributed by atoms with van der Waals surface area (Å²) in [6.45, 7) is 14.0. The van der Waals surface area contributed by atoms with Gasteiger partial charge in [-0.05, 0) is 29.2 Å². The first-order valence-electron chi connectivity index (χ1n) is 6.82. The molecule has 2 heteroatoms. The van der Waals surface area contributed by atoms with Crippen LogP contribution in [-0.4, -0.2) is 17.7 Å². The number of allylic oxidation sites excluding steroid dienone is 1. The van der Waals surface area contributed by atoms with Crippen molar-refractivity contribution < 1.29 is 0 Å². The van der Waals surface area contributed by atoms with Crippen LogP contribution in [0, 0.1) is 5.41 Å². The summed E-state index contributed by atoms with van der Waals surface area (Å²) in [5, 5.41) is 0. The fourth-order valence-electron chi connectivity index (χ4n) is 1.64. The van der Waals surface area contributed by atoms with Crippen LogP contribution in [0.5, 0.6) is 0 Å².